The molecule has 5 nitrogen and oxygen atoms in total. The zero-order valence-electron chi connectivity index (χ0n) is 15.0. The lowest BCUT2D eigenvalue weighted by atomic mass is 10.1. The molecule has 4 aromatic rings. The number of nitrogens with one attached hydrogen (secondary N) is 1. The Labute approximate surface area is 163 Å². The Morgan fingerprint density at radius 2 is 1.46 bits per heavy atom. The van der Waals surface area contributed by atoms with E-state index in [1.807, 2.05) is 72.8 Å². The van der Waals surface area contributed by atoms with Crippen molar-refractivity contribution in [1.29, 1.82) is 0 Å². The predicted molar refractivity (Wildman–Crippen MR) is 112 cm³/mol. The SMILES string of the molecule is Oc1ccccc1-c1nc(NN=Cc2ccccc2)cc(-c2ccccc2)n1. The van der Waals surface area contributed by atoms with Crippen molar-refractivity contribution in [2.45, 2.75) is 0 Å². The van der Waals surface area contributed by atoms with Gasteiger partial charge in [0.1, 0.15) is 5.75 Å². The summed E-state index contributed by atoms with van der Waals surface area (Å²) in [7, 11) is 0. The summed E-state index contributed by atoms with van der Waals surface area (Å²) in [5.74, 6) is 1.10. The van der Waals surface area contributed by atoms with Crippen molar-refractivity contribution >= 4 is 12.0 Å². The molecule has 0 aliphatic heterocycles. The number of anilines is 1. The average molecular weight is 366 g/mol. The second-order valence-corrected chi connectivity index (χ2v) is 6.13. The van der Waals surface area contributed by atoms with Crippen LogP contribution in [0.1, 0.15) is 5.56 Å². The largest absolute Gasteiger partial charge is 0.507 e. The van der Waals surface area contributed by atoms with Crippen LogP contribution in [0.4, 0.5) is 5.82 Å². The minimum atomic E-state index is 0.131. The number of hydrazone groups is 1. The fraction of sp³-hybridized carbons (Fsp3) is 0. The zero-order chi connectivity index (χ0) is 19.2. The normalized spacial score (nSPS) is 10.9. The van der Waals surface area contributed by atoms with Crippen LogP contribution in [0.3, 0.4) is 0 Å². The van der Waals surface area contributed by atoms with Crippen molar-refractivity contribution < 1.29 is 5.11 Å². The summed E-state index contributed by atoms with van der Waals surface area (Å²) in [5.41, 5.74) is 6.21. The molecule has 3 aromatic carbocycles. The molecule has 0 aliphatic rings. The van der Waals surface area contributed by atoms with Gasteiger partial charge < -0.3 is 5.11 Å². The van der Waals surface area contributed by atoms with Gasteiger partial charge in [-0.3, -0.25) is 5.43 Å². The quantitative estimate of drug-likeness (QED) is 0.387. The lowest BCUT2D eigenvalue weighted by Gasteiger charge is -2.09. The molecular formula is C23H18N4O. The fourth-order valence-corrected chi connectivity index (χ4v) is 2.76. The maximum atomic E-state index is 10.2. The molecule has 0 atom stereocenters. The lowest BCUT2D eigenvalue weighted by Crippen LogP contribution is -1.99. The molecule has 0 saturated heterocycles. The van der Waals surface area contributed by atoms with Gasteiger partial charge in [0.25, 0.3) is 0 Å². The van der Waals surface area contributed by atoms with Crippen LogP contribution in [-0.4, -0.2) is 21.3 Å². The summed E-state index contributed by atoms with van der Waals surface area (Å²) in [6.45, 7) is 0. The van der Waals surface area contributed by atoms with Gasteiger partial charge in [0.2, 0.25) is 0 Å². The van der Waals surface area contributed by atoms with Crippen LogP contribution in [0.5, 0.6) is 5.75 Å². The molecule has 0 saturated carbocycles. The van der Waals surface area contributed by atoms with Crippen molar-refractivity contribution in [3.63, 3.8) is 0 Å². The molecule has 0 spiro atoms. The standard InChI is InChI=1S/C23H18N4O/c28-21-14-8-7-13-19(21)23-25-20(18-11-5-2-6-12-18)15-22(26-23)27-24-16-17-9-3-1-4-10-17/h1-16,28H,(H,25,26,27). The van der Waals surface area contributed by atoms with Crippen LogP contribution in [-0.2, 0) is 0 Å². The van der Waals surface area contributed by atoms with E-state index in [-0.39, 0.29) is 5.75 Å². The first-order chi connectivity index (χ1) is 13.8. The predicted octanol–water partition coefficient (Wildman–Crippen LogP) is 4.96. The van der Waals surface area contributed by atoms with Gasteiger partial charge in [-0.05, 0) is 17.7 Å². The van der Waals surface area contributed by atoms with E-state index in [0.717, 1.165) is 16.8 Å². The average Bonchev–Trinajstić information content (AvgIpc) is 2.75. The number of phenolic OH excluding ortho intramolecular Hbond substituents is 1. The molecule has 0 amide bonds. The van der Waals surface area contributed by atoms with Gasteiger partial charge >= 0.3 is 0 Å². The molecule has 0 radical (unpaired) electrons. The van der Waals surface area contributed by atoms with E-state index in [0.29, 0.717) is 17.2 Å². The van der Waals surface area contributed by atoms with Crippen LogP contribution in [0.15, 0.2) is 96.1 Å². The van der Waals surface area contributed by atoms with E-state index < -0.39 is 0 Å². The van der Waals surface area contributed by atoms with E-state index in [1.165, 1.54) is 0 Å². The first-order valence-corrected chi connectivity index (χ1v) is 8.86. The van der Waals surface area contributed by atoms with Gasteiger partial charge in [0.05, 0.1) is 17.5 Å². The Kier molecular flexibility index (Phi) is 5.06. The topological polar surface area (TPSA) is 70.4 Å². The Morgan fingerprint density at radius 3 is 2.21 bits per heavy atom. The van der Waals surface area contributed by atoms with E-state index in [4.69, 9.17) is 0 Å². The number of aromatic nitrogens is 2. The van der Waals surface area contributed by atoms with E-state index in [1.54, 1.807) is 24.4 Å². The highest BCUT2D eigenvalue weighted by atomic mass is 16.3. The number of nitrogens with zero attached hydrogens (tertiary/aromatic N) is 3. The second-order valence-electron chi connectivity index (χ2n) is 6.13. The molecule has 0 unspecified atom stereocenters. The Hall–Kier alpha value is -3.99. The molecule has 28 heavy (non-hydrogen) atoms. The van der Waals surface area contributed by atoms with Crippen molar-refractivity contribution in [2.24, 2.45) is 5.10 Å². The smallest absolute Gasteiger partial charge is 0.165 e. The second kappa shape index (κ2) is 8.14. The molecule has 1 aromatic heterocycles. The first kappa shape index (κ1) is 17.4. The van der Waals surface area contributed by atoms with Gasteiger partial charge in [-0.15, -0.1) is 0 Å². The molecule has 1 heterocycles. The third-order valence-electron chi connectivity index (χ3n) is 4.13. The van der Waals surface area contributed by atoms with Crippen LogP contribution in [0.25, 0.3) is 22.6 Å². The number of hydrogen-bond acceptors (Lipinski definition) is 5. The molecule has 0 bridgehead atoms. The molecule has 136 valence electrons. The van der Waals surface area contributed by atoms with E-state index in [2.05, 4.69) is 20.5 Å². The molecule has 2 N–H and O–H groups in total. The van der Waals surface area contributed by atoms with Crippen molar-refractivity contribution in [3.8, 4) is 28.4 Å². The summed E-state index contributed by atoms with van der Waals surface area (Å²) in [6, 6.07) is 28.5. The van der Waals surface area contributed by atoms with Gasteiger partial charge in [0.15, 0.2) is 11.6 Å². The first-order valence-electron chi connectivity index (χ1n) is 8.86. The highest BCUT2D eigenvalue weighted by Gasteiger charge is 2.11. The molecular weight excluding hydrogens is 348 g/mol. The van der Waals surface area contributed by atoms with Crippen LogP contribution >= 0.6 is 0 Å². The molecule has 4 rings (SSSR count). The van der Waals surface area contributed by atoms with E-state index in [9.17, 15) is 5.11 Å². The third-order valence-corrected chi connectivity index (χ3v) is 4.13. The molecule has 5 heteroatoms. The fourth-order valence-electron chi connectivity index (χ4n) is 2.76. The minimum absolute atomic E-state index is 0.131. The van der Waals surface area contributed by atoms with Gasteiger partial charge in [-0.1, -0.05) is 72.8 Å². The van der Waals surface area contributed by atoms with Gasteiger partial charge in [-0.25, -0.2) is 9.97 Å². The number of rotatable bonds is 5. The van der Waals surface area contributed by atoms with Crippen molar-refractivity contribution in [3.05, 3.63) is 96.6 Å². The Bertz CT molecular complexity index is 1100. The molecule has 0 fully saturated rings. The van der Waals surface area contributed by atoms with Crippen LogP contribution in [0.2, 0.25) is 0 Å². The number of benzene rings is 3. The number of para-hydroxylation sites is 1. The highest BCUT2D eigenvalue weighted by molar-refractivity contribution is 5.80. The van der Waals surface area contributed by atoms with Crippen LogP contribution in [0, 0.1) is 0 Å². The van der Waals surface area contributed by atoms with Crippen LogP contribution < -0.4 is 5.43 Å². The third kappa shape index (κ3) is 4.04. The summed E-state index contributed by atoms with van der Waals surface area (Å²) in [4.78, 5) is 9.16. The zero-order valence-corrected chi connectivity index (χ0v) is 15.0. The van der Waals surface area contributed by atoms with Crippen molar-refractivity contribution in [2.75, 3.05) is 5.43 Å². The van der Waals surface area contributed by atoms with Crippen molar-refractivity contribution in [1.82, 2.24) is 9.97 Å². The van der Waals surface area contributed by atoms with Gasteiger partial charge in [0, 0.05) is 11.6 Å². The number of phenols is 1. The van der Waals surface area contributed by atoms with E-state index >= 15 is 0 Å². The minimum Gasteiger partial charge on any atom is -0.507 e. The summed E-state index contributed by atoms with van der Waals surface area (Å²) < 4.78 is 0. The maximum Gasteiger partial charge on any atom is 0.165 e. The summed E-state index contributed by atoms with van der Waals surface area (Å²) in [5, 5.41) is 14.5. The highest BCUT2D eigenvalue weighted by Crippen LogP contribution is 2.29. The number of aromatic hydroxyl groups is 1. The maximum absolute atomic E-state index is 10.2. The Balaban J connectivity index is 1.72. The summed E-state index contributed by atoms with van der Waals surface area (Å²) >= 11 is 0. The van der Waals surface area contributed by atoms with Gasteiger partial charge in [-0.2, -0.15) is 5.10 Å². The number of hydrogen-bond donors (Lipinski definition) is 2. The lowest BCUT2D eigenvalue weighted by molar-refractivity contribution is 0.477. The molecule has 0 aliphatic carbocycles. The summed E-state index contributed by atoms with van der Waals surface area (Å²) in [6.07, 6.45) is 1.73. The Morgan fingerprint density at radius 1 is 0.786 bits per heavy atom. The monoisotopic (exact) mass is 366 g/mol.